The highest BCUT2D eigenvalue weighted by molar-refractivity contribution is 5.35. The summed E-state index contributed by atoms with van der Waals surface area (Å²) in [5.41, 5.74) is 4.78. The predicted molar refractivity (Wildman–Crippen MR) is 81.9 cm³/mol. The maximum absolute atomic E-state index is 10.0. The molecule has 2 aromatic rings. The number of aliphatic hydroxyl groups excluding tert-OH is 1. The highest BCUT2D eigenvalue weighted by Crippen LogP contribution is 2.24. The normalized spacial score (nSPS) is 13.7. The van der Waals surface area contributed by atoms with Gasteiger partial charge in [0.1, 0.15) is 11.9 Å². The van der Waals surface area contributed by atoms with E-state index in [0.29, 0.717) is 0 Å². The number of methoxy groups -OCH3 is 1. The van der Waals surface area contributed by atoms with E-state index in [-0.39, 0.29) is 12.6 Å². The second-order valence-electron chi connectivity index (χ2n) is 4.82. The topological polar surface area (TPSA) is 50.7 Å². The lowest BCUT2D eigenvalue weighted by Gasteiger charge is -2.18. The Labute approximate surface area is 125 Å². The first-order valence-electron chi connectivity index (χ1n) is 6.95. The smallest absolute Gasteiger partial charge is 0.123 e. The minimum Gasteiger partial charge on any atom is -0.496 e. The Kier molecular flexibility index (Phi) is 5.75. The molecule has 0 spiro atoms. The van der Waals surface area contributed by atoms with Gasteiger partial charge in [0.15, 0.2) is 0 Å². The van der Waals surface area contributed by atoms with Crippen molar-refractivity contribution in [3.05, 3.63) is 65.7 Å². The lowest BCUT2D eigenvalue weighted by atomic mass is 10.1. The molecule has 4 nitrogen and oxygen atoms in total. The number of hydroxylamine groups is 1. The molecular formula is C17H21NO3. The van der Waals surface area contributed by atoms with Gasteiger partial charge in [0.05, 0.1) is 19.8 Å². The lowest BCUT2D eigenvalue weighted by molar-refractivity contribution is -0.0342. The van der Waals surface area contributed by atoms with Crippen molar-refractivity contribution in [2.24, 2.45) is 0 Å². The molecule has 2 aromatic carbocycles. The molecular weight excluding hydrogens is 266 g/mol. The van der Waals surface area contributed by atoms with E-state index in [0.717, 1.165) is 16.9 Å². The third-order valence-corrected chi connectivity index (χ3v) is 3.29. The lowest BCUT2D eigenvalue weighted by Crippen LogP contribution is -2.22. The van der Waals surface area contributed by atoms with Crippen LogP contribution in [0.3, 0.4) is 0 Å². The second-order valence-corrected chi connectivity index (χ2v) is 4.82. The van der Waals surface area contributed by atoms with Gasteiger partial charge in [0.25, 0.3) is 0 Å². The van der Waals surface area contributed by atoms with E-state index < -0.39 is 6.10 Å². The summed E-state index contributed by atoms with van der Waals surface area (Å²) in [7, 11) is 1.64. The Morgan fingerprint density at radius 3 is 2.43 bits per heavy atom. The fourth-order valence-corrected chi connectivity index (χ4v) is 2.11. The fraction of sp³-hybridized carbons (Fsp3) is 0.294. The summed E-state index contributed by atoms with van der Waals surface area (Å²) in [6.45, 7) is 2.16. The number of nitrogens with one attached hydrogen (secondary N) is 1. The largest absolute Gasteiger partial charge is 0.496 e. The molecule has 0 radical (unpaired) electrons. The zero-order chi connectivity index (χ0) is 15.1. The van der Waals surface area contributed by atoms with E-state index in [2.05, 4.69) is 5.48 Å². The third-order valence-electron chi connectivity index (χ3n) is 3.29. The van der Waals surface area contributed by atoms with Crippen molar-refractivity contribution in [2.45, 2.75) is 19.1 Å². The van der Waals surface area contributed by atoms with Gasteiger partial charge in [-0.2, -0.15) is 5.48 Å². The molecule has 0 aliphatic heterocycles. The molecule has 2 N–H and O–H groups in total. The second kappa shape index (κ2) is 7.78. The first kappa shape index (κ1) is 15.5. The van der Waals surface area contributed by atoms with Crippen LogP contribution in [0, 0.1) is 0 Å². The Balaban J connectivity index is 1.86. The number of rotatable bonds is 7. The summed E-state index contributed by atoms with van der Waals surface area (Å²) in [6, 6.07) is 17.2. The zero-order valence-electron chi connectivity index (χ0n) is 12.3. The van der Waals surface area contributed by atoms with Crippen LogP contribution in [0.1, 0.15) is 30.2 Å². The van der Waals surface area contributed by atoms with Crippen LogP contribution in [0.15, 0.2) is 54.6 Å². The van der Waals surface area contributed by atoms with E-state index in [4.69, 9.17) is 9.57 Å². The number of hydrogen-bond donors (Lipinski definition) is 2. The molecule has 0 amide bonds. The maximum atomic E-state index is 10.0. The number of aliphatic hydroxyl groups is 1. The standard InChI is InChI=1S/C17H21NO3/c1-13(15-10-6-7-11-17(15)20-2)18-21-12-16(19)14-8-4-3-5-9-14/h3-11,13,16,18-19H,12H2,1-2H3/t13-,16-/m0/s1. The van der Waals surface area contributed by atoms with E-state index in [1.807, 2.05) is 61.5 Å². The van der Waals surface area contributed by atoms with Gasteiger partial charge in [0.2, 0.25) is 0 Å². The number of para-hydroxylation sites is 1. The van der Waals surface area contributed by atoms with Gasteiger partial charge in [-0.1, -0.05) is 48.5 Å². The van der Waals surface area contributed by atoms with Gasteiger partial charge in [-0.25, -0.2) is 0 Å². The van der Waals surface area contributed by atoms with Crippen molar-refractivity contribution in [1.29, 1.82) is 0 Å². The van der Waals surface area contributed by atoms with Gasteiger partial charge in [-0.3, -0.25) is 4.84 Å². The summed E-state index contributed by atoms with van der Waals surface area (Å²) in [5.74, 6) is 0.810. The molecule has 0 bridgehead atoms. The molecule has 0 aromatic heterocycles. The van der Waals surface area contributed by atoms with Gasteiger partial charge in [0, 0.05) is 5.56 Å². The van der Waals surface area contributed by atoms with Crippen LogP contribution in [-0.4, -0.2) is 18.8 Å². The van der Waals surface area contributed by atoms with Crippen molar-refractivity contribution < 1.29 is 14.7 Å². The quantitative estimate of drug-likeness (QED) is 0.769. The minimum absolute atomic E-state index is 0.0378. The van der Waals surface area contributed by atoms with E-state index >= 15 is 0 Å². The van der Waals surface area contributed by atoms with Crippen molar-refractivity contribution >= 4 is 0 Å². The highest BCUT2D eigenvalue weighted by Gasteiger charge is 2.12. The van der Waals surface area contributed by atoms with Gasteiger partial charge < -0.3 is 9.84 Å². The summed E-state index contributed by atoms with van der Waals surface area (Å²) < 4.78 is 5.32. The van der Waals surface area contributed by atoms with Crippen molar-refractivity contribution in [3.8, 4) is 5.75 Å². The van der Waals surface area contributed by atoms with Crippen LogP contribution in [0.2, 0.25) is 0 Å². The fourth-order valence-electron chi connectivity index (χ4n) is 2.11. The van der Waals surface area contributed by atoms with Crippen LogP contribution < -0.4 is 10.2 Å². The molecule has 21 heavy (non-hydrogen) atoms. The number of hydrogen-bond acceptors (Lipinski definition) is 4. The third kappa shape index (κ3) is 4.29. The van der Waals surface area contributed by atoms with Crippen LogP contribution in [0.4, 0.5) is 0 Å². The first-order valence-corrected chi connectivity index (χ1v) is 6.95. The van der Waals surface area contributed by atoms with Crippen LogP contribution >= 0.6 is 0 Å². The molecule has 0 fully saturated rings. The Hall–Kier alpha value is -1.88. The van der Waals surface area contributed by atoms with E-state index in [1.54, 1.807) is 7.11 Å². The number of ether oxygens (including phenoxy) is 1. The van der Waals surface area contributed by atoms with E-state index in [9.17, 15) is 5.11 Å². The monoisotopic (exact) mass is 287 g/mol. The van der Waals surface area contributed by atoms with Gasteiger partial charge >= 0.3 is 0 Å². The average Bonchev–Trinajstić information content (AvgIpc) is 2.55. The van der Waals surface area contributed by atoms with Crippen molar-refractivity contribution in [3.63, 3.8) is 0 Å². The van der Waals surface area contributed by atoms with Gasteiger partial charge in [-0.15, -0.1) is 0 Å². The molecule has 4 heteroatoms. The molecule has 0 saturated heterocycles. The molecule has 2 atom stereocenters. The summed E-state index contributed by atoms with van der Waals surface area (Å²) in [5, 5.41) is 10.0. The molecule has 0 saturated carbocycles. The summed E-state index contributed by atoms with van der Waals surface area (Å²) in [4.78, 5) is 5.41. The molecule has 0 aliphatic carbocycles. The number of benzene rings is 2. The average molecular weight is 287 g/mol. The van der Waals surface area contributed by atoms with Crippen LogP contribution in [-0.2, 0) is 4.84 Å². The summed E-state index contributed by atoms with van der Waals surface area (Å²) >= 11 is 0. The molecule has 112 valence electrons. The Bertz CT molecular complexity index is 545. The molecule has 2 rings (SSSR count). The molecule has 0 heterocycles. The Morgan fingerprint density at radius 1 is 1.05 bits per heavy atom. The molecule has 0 unspecified atom stereocenters. The van der Waals surface area contributed by atoms with Crippen molar-refractivity contribution in [2.75, 3.05) is 13.7 Å². The highest BCUT2D eigenvalue weighted by atomic mass is 16.6. The van der Waals surface area contributed by atoms with Crippen LogP contribution in [0.5, 0.6) is 5.75 Å². The summed E-state index contributed by atoms with van der Waals surface area (Å²) in [6.07, 6.45) is -0.649. The predicted octanol–water partition coefficient (Wildman–Crippen LogP) is 3.01. The SMILES string of the molecule is COc1ccccc1[C@H](C)NOC[C@H](O)c1ccccc1. The molecule has 0 aliphatic rings. The minimum atomic E-state index is -0.649. The van der Waals surface area contributed by atoms with Crippen LogP contribution in [0.25, 0.3) is 0 Å². The zero-order valence-corrected chi connectivity index (χ0v) is 12.3. The van der Waals surface area contributed by atoms with Crippen molar-refractivity contribution in [1.82, 2.24) is 5.48 Å². The first-order chi connectivity index (χ1) is 10.2. The Morgan fingerprint density at radius 2 is 1.71 bits per heavy atom. The maximum Gasteiger partial charge on any atom is 0.123 e. The van der Waals surface area contributed by atoms with Gasteiger partial charge in [-0.05, 0) is 18.6 Å². The van der Waals surface area contributed by atoms with E-state index in [1.165, 1.54) is 0 Å².